The Bertz CT molecular complexity index is 1160. The van der Waals surface area contributed by atoms with E-state index >= 15 is 0 Å². The number of nitrogens with zero attached hydrogens (tertiary/aromatic N) is 3. The van der Waals surface area contributed by atoms with Crippen molar-refractivity contribution in [2.24, 2.45) is 0 Å². The fourth-order valence-corrected chi connectivity index (χ4v) is 3.40. The molecule has 0 unspecified atom stereocenters. The monoisotopic (exact) mass is 427 g/mol. The molecular weight excluding hydrogens is 398 g/mol. The molecule has 0 aliphatic carbocycles. The van der Waals surface area contributed by atoms with Gasteiger partial charge in [-0.1, -0.05) is 20.3 Å². The third kappa shape index (κ3) is 4.87. The summed E-state index contributed by atoms with van der Waals surface area (Å²) in [7, 11) is 0. The summed E-state index contributed by atoms with van der Waals surface area (Å²) in [4.78, 5) is 43.7. The Balaban J connectivity index is 1.85. The molecule has 0 bridgehead atoms. The van der Waals surface area contributed by atoms with Gasteiger partial charge >= 0.3 is 11.7 Å². The molecule has 9 nitrogen and oxygen atoms in total. The van der Waals surface area contributed by atoms with E-state index < -0.39 is 11.2 Å². The number of carbonyl (C=O) groups is 1. The predicted molar refractivity (Wildman–Crippen MR) is 120 cm³/mol. The highest BCUT2D eigenvalue weighted by atomic mass is 16.5. The molecule has 0 spiro atoms. The van der Waals surface area contributed by atoms with Gasteiger partial charge < -0.3 is 14.6 Å². The van der Waals surface area contributed by atoms with Gasteiger partial charge in [-0.15, -0.1) is 0 Å². The van der Waals surface area contributed by atoms with Crippen molar-refractivity contribution < 1.29 is 9.53 Å². The fraction of sp³-hybridized carbons (Fsp3) is 0.455. The summed E-state index contributed by atoms with van der Waals surface area (Å²) in [6.45, 7) is 7.74. The summed E-state index contributed by atoms with van der Waals surface area (Å²) < 4.78 is 8.49. The minimum Gasteiger partial charge on any atom is -0.462 e. The maximum atomic E-state index is 12.5. The van der Waals surface area contributed by atoms with E-state index in [2.05, 4.69) is 15.3 Å². The number of carbonyl (C=O) groups excluding carboxylic acids is 1. The smallest absolute Gasteiger partial charge is 0.338 e. The molecule has 0 aliphatic rings. The molecule has 0 aliphatic heterocycles. The molecule has 3 rings (SSSR count). The predicted octanol–water partition coefficient (Wildman–Crippen LogP) is 2.89. The van der Waals surface area contributed by atoms with Crippen molar-refractivity contribution in [2.75, 3.05) is 11.9 Å². The van der Waals surface area contributed by atoms with Crippen LogP contribution in [0.4, 0.5) is 5.69 Å². The van der Waals surface area contributed by atoms with E-state index in [9.17, 15) is 14.4 Å². The first-order valence-electron chi connectivity index (χ1n) is 10.7. The highest BCUT2D eigenvalue weighted by Gasteiger charge is 2.17. The summed E-state index contributed by atoms with van der Waals surface area (Å²) in [6.07, 6.45) is 2.53. The number of nitrogens with one attached hydrogen (secondary N) is 2. The van der Waals surface area contributed by atoms with Crippen molar-refractivity contribution in [3.63, 3.8) is 0 Å². The van der Waals surface area contributed by atoms with Gasteiger partial charge in [-0.2, -0.15) is 0 Å². The molecule has 9 heteroatoms. The lowest BCUT2D eigenvalue weighted by Crippen LogP contribution is -2.31. The van der Waals surface area contributed by atoms with Gasteiger partial charge in [0.15, 0.2) is 11.2 Å². The molecule has 0 radical (unpaired) electrons. The molecule has 2 N–H and O–H groups in total. The molecule has 166 valence electrons. The van der Waals surface area contributed by atoms with Crippen LogP contribution in [0.3, 0.4) is 0 Å². The largest absolute Gasteiger partial charge is 0.462 e. The number of ether oxygens (including phenoxy) is 1. The number of aryl methyl sites for hydroxylation is 2. The van der Waals surface area contributed by atoms with Crippen LogP contribution in [0.1, 0.15) is 56.2 Å². The van der Waals surface area contributed by atoms with Crippen molar-refractivity contribution in [3.05, 3.63) is 56.5 Å². The average molecular weight is 428 g/mol. The van der Waals surface area contributed by atoms with Crippen LogP contribution < -0.4 is 16.6 Å². The minimum atomic E-state index is -0.434. The first-order valence-corrected chi connectivity index (χ1v) is 10.7. The molecule has 0 amide bonds. The molecular formula is C22H29N5O4. The van der Waals surface area contributed by atoms with Crippen molar-refractivity contribution in [2.45, 2.75) is 59.7 Å². The molecule has 0 fully saturated rings. The molecule has 2 aromatic heterocycles. The van der Waals surface area contributed by atoms with Crippen LogP contribution >= 0.6 is 0 Å². The van der Waals surface area contributed by atoms with Gasteiger partial charge in [0.25, 0.3) is 5.56 Å². The van der Waals surface area contributed by atoms with E-state index in [1.165, 1.54) is 4.57 Å². The third-order valence-electron chi connectivity index (χ3n) is 5.02. The zero-order chi connectivity index (χ0) is 22.4. The lowest BCUT2D eigenvalue weighted by molar-refractivity contribution is 0.0505. The number of fused-ring (bicyclic) bond motifs is 1. The molecule has 3 aromatic rings. The number of hydrogen-bond acceptors (Lipinski definition) is 6. The van der Waals surface area contributed by atoms with Crippen LogP contribution in [0.15, 0.2) is 33.9 Å². The summed E-state index contributed by atoms with van der Waals surface area (Å²) in [5.74, 6) is 0.315. The maximum absolute atomic E-state index is 12.5. The first-order chi connectivity index (χ1) is 15.0. The van der Waals surface area contributed by atoms with Gasteiger partial charge in [-0.05, 0) is 44.0 Å². The number of rotatable bonds is 10. The first kappa shape index (κ1) is 22.3. The lowest BCUT2D eigenvalue weighted by atomic mass is 10.2. The Morgan fingerprint density at radius 2 is 1.84 bits per heavy atom. The average Bonchev–Trinajstić information content (AvgIpc) is 3.15. The highest BCUT2D eigenvalue weighted by molar-refractivity contribution is 5.89. The topological polar surface area (TPSA) is 111 Å². The van der Waals surface area contributed by atoms with Crippen molar-refractivity contribution in [3.8, 4) is 0 Å². The van der Waals surface area contributed by atoms with E-state index in [4.69, 9.17) is 4.74 Å². The normalized spacial score (nSPS) is 11.1. The van der Waals surface area contributed by atoms with Crippen LogP contribution in [0.5, 0.6) is 0 Å². The number of hydrogen-bond donors (Lipinski definition) is 2. The number of unbranched alkanes of at least 4 members (excludes halogenated alkanes) is 1. The molecule has 0 saturated heterocycles. The van der Waals surface area contributed by atoms with Crippen LogP contribution in [-0.2, 0) is 24.4 Å². The zero-order valence-electron chi connectivity index (χ0n) is 18.2. The zero-order valence-corrected chi connectivity index (χ0v) is 18.2. The maximum Gasteiger partial charge on any atom is 0.338 e. The molecule has 2 heterocycles. The summed E-state index contributed by atoms with van der Waals surface area (Å²) >= 11 is 0. The SMILES string of the molecule is CCCCn1c(=O)[nH]c(=O)c2c1nc(CNc1ccc(C(=O)OCCC)cc1)n2CC. The quantitative estimate of drug-likeness (QED) is 0.481. The Hall–Kier alpha value is -3.36. The Morgan fingerprint density at radius 1 is 1.10 bits per heavy atom. The third-order valence-corrected chi connectivity index (χ3v) is 5.02. The van der Waals surface area contributed by atoms with Gasteiger partial charge in [-0.25, -0.2) is 14.6 Å². The van der Waals surface area contributed by atoms with Gasteiger partial charge in [0.05, 0.1) is 18.7 Å². The number of anilines is 1. The number of benzene rings is 1. The minimum absolute atomic E-state index is 0.342. The second kappa shape index (κ2) is 10.1. The van der Waals surface area contributed by atoms with Crippen molar-refractivity contribution >= 4 is 22.8 Å². The second-order valence-corrected chi connectivity index (χ2v) is 7.28. The number of aromatic amines is 1. The summed E-state index contributed by atoms with van der Waals surface area (Å²) in [5, 5.41) is 3.27. The summed E-state index contributed by atoms with van der Waals surface area (Å²) in [6, 6.07) is 7.00. The van der Waals surface area contributed by atoms with Gasteiger partial charge in [0.2, 0.25) is 0 Å². The molecule has 31 heavy (non-hydrogen) atoms. The number of imidazole rings is 1. The van der Waals surface area contributed by atoms with E-state index in [1.54, 1.807) is 24.3 Å². The Labute approximate surface area is 180 Å². The Kier molecular flexibility index (Phi) is 7.28. The number of H-pyrrole nitrogens is 1. The Morgan fingerprint density at radius 3 is 2.48 bits per heavy atom. The van der Waals surface area contributed by atoms with Crippen molar-refractivity contribution in [1.82, 2.24) is 19.1 Å². The van der Waals surface area contributed by atoms with E-state index in [1.807, 2.05) is 25.3 Å². The fourth-order valence-electron chi connectivity index (χ4n) is 3.40. The van der Waals surface area contributed by atoms with Crippen molar-refractivity contribution in [1.29, 1.82) is 0 Å². The number of esters is 1. The van der Waals surface area contributed by atoms with E-state index in [0.29, 0.717) is 48.8 Å². The lowest BCUT2D eigenvalue weighted by Gasteiger charge is -2.09. The van der Waals surface area contributed by atoms with E-state index in [0.717, 1.165) is 24.9 Å². The summed E-state index contributed by atoms with van der Waals surface area (Å²) in [5.41, 5.74) is 1.25. The standard InChI is InChI=1S/C22H29N5O4/c1-4-7-12-27-19-18(20(28)25-22(27)30)26(6-3)17(24-19)14-23-16-10-8-15(9-11-16)21(29)31-13-5-2/h8-11,23H,4-7,12-14H2,1-3H3,(H,25,28,30). The van der Waals surface area contributed by atoms with Gasteiger partial charge in [0.1, 0.15) is 5.82 Å². The second-order valence-electron chi connectivity index (χ2n) is 7.28. The number of aromatic nitrogens is 4. The van der Waals surface area contributed by atoms with Crippen LogP contribution in [0.25, 0.3) is 11.2 Å². The van der Waals surface area contributed by atoms with Gasteiger partial charge in [-0.3, -0.25) is 14.3 Å². The van der Waals surface area contributed by atoms with Gasteiger partial charge in [0, 0.05) is 18.8 Å². The molecule has 0 atom stereocenters. The highest BCUT2D eigenvalue weighted by Crippen LogP contribution is 2.15. The van der Waals surface area contributed by atoms with Crippen LogP contribution in [0.2, 0.25) is 0 Å². The van der Waals surface area contributed by atoms with Crippen LogP contribution in [0, 0.1) is 0 Å². The van der Waals surface area contributed by atoms with E-state index in [-0.39, 0.29) is 5.97 Å². The molecule has 0 saturated carbocycles. The molecule has 1 aromatic carbocycles. The van der Waals surface area contributed by atoms with Crippen LogP contribution in [-0.4, -0.2) is 31.7 Å².